The van der Waals surface area contributed by atoms with E-state index in [-0.39, 0.29) is 36.6 Å². The van der Waals surface area contributed by atoms with Crippen LogP contribution in [0.5, 0.6) is 0 Å². The number of piperazine rings is 1. The lowest BCUT2D eigenvalue weighted by molar-refractivity contribution is -0.155. The van der Waals surface area contributed by atoms with Crippen molar-refractivity contribution in [3.8, 4) is 0 Å². The summed E-state index contributed by atoms with van der Waals surface area (Å²) < 4.78 is 15.4. The number of carbonyl (C=O) groups excluding carboxylic acids is 2. The molecule has 184 valence electrons. The average Bonchev–Trinajstić information content (AvgIpc) is 3.32. The Kier molecular flexibility index (Phi) is 9.27. The van der Waals surface area contributed by atoms with Gasteiger partial charge in [0.05, 0.1) is 19.0 Å². The maximum Gasteiger partial charge on any atom is 0.233 e. The summed E-state index contributed by atoms with van der Waals surface area (Å²) in [7, 11) is 2.05. The molecule has 0 bridgehead atoms. The molecule has 33 heavy (non-hydrogen) atoms. The first-order chi connectivity index (χ1) is 15.8. The smallest absolute Gasteiger partial charge is 0.233 e. The van der Waals surface area contributed by atoms with E-state index in [2.05, 4.69) is 27.1 Å². The van der Waals surface area contributed by atoms with Crippen LogP contribution in [0.15, 0.2) is 5.16 Å². The second-order valence-corrected chi connectivity index (χ2v) is 9.87. The van der Waals surface area contributed by atoms with Gasteiger partial charge in [-0.2, -0.15) is 0 Å². The third kappa shape index (κ3) is 6.77. The summed E-state index contributed by atoms with van der Waals surface area (Å²) in [6, 6.07) is 0.268. The second kappa shape index (κ2) is 11.9. The molecule has 1 saturated heterocycles. The highest BCUT2D eigenvalue weighted by molar-refractivity contribution is 7.98. The van der Waals surface area contributed by atoms with Crippen LogP contribution in [0.3, 0.4) is 0 Å². The Morgan fingerprint density at radius 3 is 2.73 bits per heavy atom. The fourth-order valence-electron chi connectivity index (χ4n) is 4.61. The second-order valence-electron chi connectivity index (χ2n) is 9.10. The number of hydroxylamine groups is 2. The quantitative estimate of drug-likeness (QED) is 0.172. The molecule has 1 saturated carbocycles. The molecule has 2 N–H and O–H groups in total. The molecule has 2 heterocycles. The van der Waals surface area contributed by atoms with Crippen LogP contribution in [0.4, 0.5) is 10.2 Å². The highest BCUT2D eigenvalue weighted by Gasteiger charge is 2.29. The van der Waals surface area contributed by atoms with E-state index in [1.54, 1.807) is 0 Å². The van der Waals surface area contributed by atoms with E-state index < -0.39 is 11.7 Å². The Balaban J connectivity index is 1.72. The topological polar surface area (TPSA) is 102 Å². The highest BCUT2D eigenvalue weighted by Crippen LogP contribution is 2.31. The maximum atomic E-state index is 15.4. The number of amides is 2. The van der Waals surface area contributed by atoms with Crippen molar-refractivity contribution in [3.05, 3.63) is 11.5 Å². The zero-order valence-electron chi connectivity index (χ0n) is 19.7. The Morgan fingerprint density at radius 1 is 1.36 bits per heavy atom. The van der Waals surface area contributed by atoms with E-state index in [4.69, 9.17) is 0 Å². The number of hydrogen-bond acceptors (Lipinski definition) is 8. The van der Waals surface area contributed by atoms with Crippen molar-refractivity contribution in [1.82, 2.24) is 25.2 Å². The number of halogens is 1. The molecule has 9 nitrogen and oxygen atoms in total. The minimum absolute atomic E-state index is 0.0786. The predicted molar refractivity (Wildman–Crippen MR) is 125 cm³/mol. The molecular formula is C22H35FN6O3S. The van der Waals surface area contributed by atoms with Crippen molar-refractivity contribution in [1.29, 1.82) is 0 Å². The van der Waals surface area contributed by atoms with Gasteiger partial charge in [-0.05, 0) is 32.6 Å². The van der Waals surface area contributed by atoms with Crippen LogP contribution in [0.1, 0.15) is 44.7 Å². The van der Waals surface area contributed by atoms with E-state index in [0.29, 0.717) is 42.1 Å². The average molecular weight is 483 g/mol. The van der Waals surface area contributed by atoms with Gasteiger partial charge in [-0.25, -0.2) is 19.4 Å². The van der Waals surface area contributed by atoms with Gasteiger partial charge in [-0.3, -0.25) is 14.8 Å². The number of nitrogens with zero attached hydrogens (tertiary/aromatic N) is 5. The molecule has 1 aliphatic carbocycles. The lowest BCUT2D eigenvalue weighted by Gasteiger charge is -2.38. The number of thioether (sulfide) groups is 1. The van der Waals surface area contributed by atoms with Crippen LogP contribution >= 0.6 is 11.8 Å². The van der Waals surface area contributed by atoms with Gasteiger partial charge in [-0.1, -0.05) is 37.4 Å². The van der Waals surface area contributed by atoms with E-state index >= 15 is 4.39 Å². The largest absolute Gasteiger partial charge is 0.351 e. The van der Waals surface area contributed by atoms with Gasteiger partial charge in [0.25, 0.3) is 0 Å². The van der Waals surface area contributed by atoms with Gasteiger partial charge in [0, 0.05) is 25.7 Å². The van der Waals surface area contributed by atoms with Crippen molar-refractivity contribution >= 4 is 29.9 Å². The first-order valence-corrected chi connectivity index (χ1v) is 12.8. The molecule has 1 aromatic rings. The summed E-state index contributed by atoms with van der Waals surface area (Å²) in [4.78, 5) is 36.7. The van der Waals surface area contributed by atoms with Crippen LogP contribution in [0.25, 0.3) is 0 Å². The normalized spacial score (nSPS) is 20.6. The first kappa shape index (κ1) is 25.6. The molecule has 2 fully saturated rings. The van der Waals surface area contributed by atoms with Gasteiger partial charge < -0.3 is 15.1 Å². The standard InChI is InChI=1S/C22H35FN6O3S/c1-15-12-28(9-8-27(15)2)20-19(23)18(25-22(26-20)33-3)11-24-21(31)17(13-29(32)14-30)10-16-6-4-5-7-16/h14-17,32H,4-13H2,1-3H3,(H,24,31)/t15-,17+/m0/s1. The Hall–Kier alpha value is -1.98. The van der Waals surface area contributed by atoms with Crippen LogP contribution < -0.4 is 10.2 Å². The molecule has 1 aromatic heterocycles. The molecule has 1 aliphatic heterocycles. The SMILES string of the molecule is CSc1nc(CNC(=O)[C@H](CC2CCCC2)CN(O)C=O)c(F)c(N2CCN(C)[C@@H](C)C2)n1. The zero-order chi connectivity index (χ0) is 24.0. The van der Waals surface area contributed by atoms with Gasteiger partial charge in [0.1, 0.15) is 5.69 Å². The molecular weight excluding hydrogens is 447 g/mol. The van der Waals surface area contributed by atoms with Crippen LogP contribution in [0, 0.1) is 17.7 Å². The number of nitrogens with one attached hydrogen (secondary N) is 1. The minimum atomic E-state index is -0.564. The Bertz CT molecular complexity index is 826. The van der Waals surface area contributed by atoms with Gasteiger partial charge >= 0.3 is 0 Å². The molecule has 0 aromatic carbocycles. The van der Waals surface area contributed by atoms with Gasteiger partial charge in [-0.15, -0.1) is 0 Å². The molecule has 0 unspecified atom stereocenters. The molecule has 0 radical (unpaired) electrons. The summed E-state index contributed by atoms with van der Waals surface area (Å²) in [5, 5.41) is 13.4. The lowest BCUT2D eigenvalue weighted by Crippen LogP contribution is -2.50. The third-order valence-corrected chi connectivity index (χ3v) is 7.29. The molecule has 2 amide bonds. The van der Waals surface area contributed by atoms with Gasteiger partial charge in [0.2, 0.25) is 12.3 Å². The monoisotopic (exact) mass is 482 g/mol. The predicted octanol–water partition coefficient (Wildman–Crippen LogP) is 2.14. The number of anilines is 1. The number of likely N-dealkylation sites (N-methyl/N-ethyl adjacent to an activating group) is 1. The van der Waals surface area contributed by atoms with Crippen LogP contribution in [-0.2, 0) is 16.1 Å². The fraction of sp³-hybridized carbons (Fsp3) is 0.727. The minimum Gasteiger partial charge on any atom is -0.351 e. The molecule has 3 rings (SSSR count). The van der Waals surface area contributed by atoms with Crippen LogP contribution in [0.2, 0.25) is 0 Å². The van der Waals surface area contributed by atoms with Crippen molar-refractivity contribution in [2.75, 3.05) is 44.4 Å². The summed E-state index contributed by atoms with van der Waals surface area (Å²) in [6.07, 6.45) is 7.07. The molecule has 0 spiro atoms. The first-order valence-electron chi connectivity index (χ1n) is 11.6. The molecule has 11 heteroatoms. The number of hydrogen-bond donors (Lipinski definition) is 2. The number of carbonyl (C=O) groups is 2. The maximum absolute atomic E-state index is 15.4. The van der Waals surface area contributed by atoms with Gasteiger partial charge in [0.15, 0.2) is 16.8 Å². The van der Waals surface area contributed by atoms with Crippen molar-refractivity contribution < 1.29 is 19.2 Å². The van der Waals surface area contributed by atoms with Crippen molar-refractivity contribution in [3.63, 3.8) is 0 Å². The molecule has 2 atom stereocenters. The number of aromatic nitrogens is 2. The van der Waals surface area contributed by atoms with Crippen molar-refractivity contribution in [2.24, 2.45) is 11.8 Å². The van der Waals surface area contributed by atoms with E-state index in [1.165, 1.54) is 11.8 Å². The summed E-state index contributed by atoms with van der Waals surface area (Å²) in [5.41, 5.74) is 0.139. The van der Waals surface area contributed by atoms with E-state index in [9.17, 15) is 14.8 Å². The van der Waals surface area contributed by atoms with Crippen LogP contribution in [-0.4, -0.2) is 83.0 Å². The Morgan fingerprint density at radius 2 is 2.09 bits per heavy atom. The zero-order valence-corrected chi connectivity index (χ0v) is 20.5. The summed E-state index contributed by atoms with van der Waals surface area (Å²) in [5.74, 6) is -0.740. The summed E-state index contributed by atoms with van der Waals surface area (Å²) >= 11 is 1.33. The van der Waals surface area contributed by atoms with Crippen molar-refractivity contribution in [2.45, 2.75) is 56.8 Å². The fourth-order valence-corrected chi connectivity index (χ4v) is 4.99. The highest BCUT2D eigenvalue weighted by atomic mass is 32.2. The van der Waals surface area contributed by atoms with E-state index in [1.807, 2.05) is 18.2 Å². The van der Waals surface area contributed by atoms with E-state index in [0.717, 1.165) is 32.2 Å². The Labute approximate surface area is 199 Å². The lowest BCUT2D eigenvalue weighted by atomic mass is 9.92. The number of rotatable bonds is 10. The third-order valence-electron chi connectivity index (χ3n) is 6.75. The molecule has 2 aliphatic rings. The summed E-state index contributed by atoms with van der Waals surface area (Å²) in [6.45, 7) is 4.06.